The molecule has 0 radical (unpaired) electrons. The molecular formula is C8H10O2. The lowest BCUT2D eigenvalue weighted by atomic mass is 10.0. The number of hydrogen-bond donors (Lipinski definition) is 0. The molecular weight excluding hydrogens is 128 g/mol. The summed E-state index contributed by atoms with van der Waals surface area (Å²) in [5, 5.41) is 0. The minimum absolute atomic E-state index is 0.0116. The van der Waals surface area contributed by atoms with Crippen molar-refractivity contribution in [3.05, 3.63) is 0 Å². The molecule has 0 spiro atoms. The zero-order valence-electron chi connectivity index (χ0n) is 5.96. The van der Waals surface area contributed by atoms with E-state index < -0.39 is 0 Å². The molecule has 2 heteroatoms. The van der Waals surface area contributed by atoms with E-state index >= 15 is 0 Å². The van der Waals surface area contributed by atoms with Crippen molar-refractivity contribution in [2.75, 3.05) is 0 Å². The van der Waals surface area contributed by atoms with Gasteiger partial charge in [-0.1, -0.05) is 12.8 Å². The second-order valence-electron chi connectivity index (χ2n) is 2.41. The Kier molecular flexibility index (Phi) is 1.96. The molecule has 2 atom stereocenters. The lowest BCUT2D eigenvalue weighted by molar-refractivity contribution is -0.141. The quantitative estimate of drug-likeness (QED) is 0.398. The molecule has 0 N–H and O–H groups in total. The molecule has 1 fully saturated rings. The predicted molar refractivity (Wildman–Crippen MR) is 37.1 cm³/mol. The molecule has 0 bridgehead atoms. The van der Waals surface area contributed by atoms with Crippen LogP contribution < -0.4 is 0 Å². The molecule has 2 unspecified atom stereocenters. The highest BCUT2D eigenvalue weighted by atomic mass is 16.5. The van der Waals surface area contributed by atoms with Crippen LogP contribution in [0.25, 0.3) is 0 Å². The van der Waals surface area contributed by atoms with Crippen LogP contribution in [0, 0.1) is 18.3 Å². The number of ether oxygens (including phenoxy) is 1. The van der Waals surface area contributed by atoms with Crippen molar-refractivity contribution in [2.24, 2.45) is 5.92 Å². The largest absolute Gasteiger partial charge is 0.461 e. The van der Waals surface area contributed by atoms with E-state index in [1.54, 1.807) is 0 Å². The highest BCUT2D eigenvalue weighted by Gasteiger charge is 2.31. The first-order valence-corrected chi connectivity index (χ1v) is 3.43. The Morgan fingerprint density at radius 2 is 2.60 bits per heavy atom. The predicted octanol–water partition coefficient (Wildman–Crippen LogP) is 0.961. The van der Waals surface area contributed by atoms with E-state index in [1.807, 2.05) is 6.92 Å². The summed E-state index contributed by atoms with van der Waals surface area (Å²) in [4.78, 5) is 10.7. The molecule has 0 aromatic heterocycles. The molecule has 1 heterocycles. The Morgan fingerprint density at radius 3 is 3.00 bits per heavy atom. The van der Waals surface area contributed by atoms with Crippen LogP contribution in [-0.4, -0.2) is 12.1 Å². The maximum Gasteiger partial charge on any atom is 0.307 e. The van der Waals surface area contributed by atoms with Crippen molar-refractivity contribution in [1.82, 2.24) is 0 Å². The fourth-order valence-electron chi connectivity index (χ4n) is 1.14. The number of carbonyl (C=O) groups excluding carboxylic acids is 1. The minimum Gasteiger partial charge on any atom is -0.461 e. The zero-order valence-corrected chi connectivity index (χ0v) is 5.96. The first-order valence-electron chi connectivity index (χ1n) is 3.43. The van der Waals surface area contributed by atoms with E-state index in [0.29, 0.717) is 6.42 Å². The second kappa shape index (κ2) is 2.74. The summed E-state index contributed by atoms with van der Waals surface area (Å²) in [5.74, 6) is 2.40. The molecule has 0 saturated carbocycles. The minimum atomic E-state index is -0.158. The lowest BCUT2D eigenvalue weighted by Crippen LogP contribution is -2.12. The van der Waals surface area contributed by atoms with E-state index in [0.717, 1.165) is 6.42 Å². The smallest absolute Gasteiger partial charge is 0.307 e. The lowest BCUT2D eigenvalue weighted by Gasteiger charge is -2.08. The number of carbonyl (C=O) groups is 1. The zero-order chi connectivity index (χ0) is 7.56. The van der Waals surface area contributed by atoms with Crippen LogP contribution in [0.3, 0.4) is 0 Å². The van der Waals surface area contributed by atoms with Crippen molar-refractivity contribution in [2.45, 2.75) is 25.9 Å². The Morgan fingerprint density at radius 1 is 1.90 bits per heavy atom. The van der Waals surface area contributed by atoms with E-state index in [-0.39, 0.29) is 18.0 Å². The van der Waals surface area contributed by atoms with Crippen LogP contribution >= 0.6 is 0 Å². The summed E-state index contributed by atoms with van der Waals surface area (Å²) >= 11 is 0. The number of esters is 1. The molecule has 0 aromatic rings. The van der Waals surface area contributed by atoms with Gasteiger partial charge in [0.1, 0.15) is 6.10 Å². The normalized spacial score (nSPS) is 31.4. The summed E-state index contributed by atoms with van der Waals surface area (Å²) in [6.45, 7) is 1.97. The summed E-state index contributed by atoms with van der Waals surface area (Å²) in [7, 11) is 0. The van der Waals surface area contributed by atoms with Crippen molar-refractivity contribution >= 4 is 5.97 Å². The van der Waals surface area contributed by atoms with Gasteiger partial charge in [-0.15, -0.1) is 6.42 Å². The van der Waals surface area contributed by atoms with Crippen LogP contribution in [-0.2, 0) is 9.53 Å². The van der Waals surface area contributed by atoms with Crippen molar-refractivity contribution in [3.63, 3.8) is 0 Å². The van der Waals surface area contributed by atoms with Gasteiger partial charge < -0.3 is 4.74 Å². The molecule has 0 aliphatic carbocycles. The maximum atomic E-state index is 10.7. The molecule has 0 amide bonds. The van der Waals surface area contributed by atoms with Gasteiger partial charge in [-0.25, -0.2) is 0 Å². The number of hydrogen-bond acceptors (Lipinski definition) is 2. The van der Waals surface area contributed by atoms with Crippen LogP contribution in [0.15, 0.2) is 0 Å². The van der Waals surface area contributed by atoms with Crippen molar-refractivity contribution in [3.8, 4) is 12.3 Å². The fraction of sp³-hybridized carbons (Fsp3) is 0.625. The third kappa shape index (κ3) is 1.13. The second-order valence-corrected chi connectivity index (χ2v) is 2.41. The molecule has 1 aliphatic heterocycles. The van der Waals surface area contributed by atoms with Crippen LogP contribution in [0.5, 0.6) is 0 Å². The standard InChI is InChI=1S/C8H10O2/c1-3-6-5-8(9)10-7(6)4-2/h1,6-7H,4-5H2,2H3. The SMILES string of the molecule is C#CC1CC(=O)OC1CC. The topological polar surface area (TPSA) is 26.3 Å². The Hall–Kier alpha value is -0.970. The van der Waals surface area contributed by atoms with Gasteiger partial charge in [0.25, 0.3) is 0 Å². The van der Waals surface area contributed by atoms with E-state index in [1.165, 1.54) is 0 Å². The van der Waals surface area contributed by atoms with Gasteiger partial charge in [0.05, 0.1) is 12.3 Å². The van der Waals surface area contributed by atoms with E-state index in [9.17, 15) is 4.79 Å². The van der Waals surface area contributed by atoms with Gasteiger partial charge in [-0.3, -0.25) is 4.79 Å². The first-order chi connectivity index (χ1) is 4.77. The van der Waals surface area contributed by atoms with E-state index in [4.69, 9.17) is 11.2 Å². The Balaban J connectivity index is 2.59. The van der Waals surface area contributed by atoms with E-state index in [2.05, 4.69) is 5.92 Å². The average Bonchev–Trinajstić information content (AvgIpc) is 2.30. The number of terminal acetylenes is 1. The summed E-state index contributed by atoms with van der Waals surface area (Å²) in [6.07, 6.45) is 6.37. The monoisotopic (exact) mass is 138 g/mol. The first kappa shape index (κ1) is 7.14. The Bertz CT molecular complexity index is 178. The maximum absolute atomic E-state index is 10.7. The highest BCUT2D eigenvalue weighted by molar-refractivity contribution is 5.72. The van der Waals surface area contributed by atoms with Crippen LogP contribution in [0.1, 0.15) is 19.8 Å². The number of cyclic esters (lactones) is 1. The van der Waals surface area contributed by atoms with Crippen molar-refractivity contribution < 1.29 is 9.53 Å². The molecule has 2 nitrogen and oxygen atoms in total. The average molecular weight is 138 g/mol. The van der Waals surface area contributed by atoms with Gasteiger partial charge in [-0.05, 0) is 6.42 Å². The summed E-state index contributed by atoms with van der Waals surface area (Å²) < 4.78 is 4.93. The summed E-state index contributed by atoms with van der Waals surface area (Å²) in [6, 6.07) is 0. The molecule has 1 aliphatic rings. The van der Waals surface area contributed by atoms with Crippen molar-refractivity contribution in [1.29, 1.82) is 0 Å². The van der Waals surface area contributed by atoms with Gasteiger partial charge in [-0.2, -0.15) is 0 Å². The fourth-order valence-corrected chi connectivity index (χ4v) is 1.14. The molecule has 54 valence electrons. The molecule has 0 aromatic carbocycles. The van der Waals surface area contributed by atoms with Crippen LogP contribution in [0.4, 0.5) is 0 Å². The Labute approximate surface area is 60.6 Å². The third-order valence-corrected chi connectivity index (χ3v) is 1.73. The van der Waals surface area contributed by atoms with Gasteiger partial charge in [0, 0.05) is 0 Å². The van der Waals surface area contributed by atoms with Crippen LogP contribution in [0.2, 0.25) is 0 Å². The summed E-state index contributed by atoms with van der Waals surface area (Å²) in [5.41, 5.74) is 0. The third-order valence-electron chi connectivity index (χ3n) is 1.73. The number of rotatable bonds is 1. The highest BCUT2D eigenvalue weighted by Crippen LogP contribution is 2.23. The van der Waals surface area contributed by atoms with Gasteiger partial charge >= 0.3 is 5.97 Å². The molecule has 1 rings (SSSR count). The van der Waals surface area contributed by atoms with Gasteiger partial charge in [0.15, 0.2) is 0 Å². The van der Waals surface area contributed by atoms with Gasteiger partial charge in [0.2, 0.25) is 0 Å². The molecule has 10 heavy (non-hydrogen) atoms. The molecule has 1 saturated heterocycles.